The Morgan fingerprint density at radius 3 is 1.50 bits per heavy atom. The highest BCUT2D eigenvalue weighted by Crippen LogP contribution is 2.12. The molecule has 0 fully saturated rings. The smallest absolute Gasteiger partial charge is 0.119 e. The number of aldehydes is 1. The zero-order valence-corrected chi connectivity index (χ0v) is 12.9. The number of hydrogen-bond donors (Lipinski definition) is 0. The summed E-state index contributed by atoms with van der Waals surface area (Å²) in [6.45, 7) is 0.656. The van der Waals surface area contributed by atoms with E-state index in [-0.39, 0.29) is 0 Å². The van der Waals surface area contributed by atoms with E-state index in [1.807, 2.05) is 0 Å². The van der Waals surface area contributed by atoms with Gasteiger partial charge in [0, 0.05) is 17.9 Å². The Hall–Kier alpha value is -1.02. The van der Waals surface area contributed by atoms with Gasteiger partial charge in [-0.25, -0.2) is 0 Å². The molecule has 0 aliphatic carbocycles. The van der Waals surface area contributed by atoms with Gasteiger partial charge in [-0.2, -0.15) is 0 Å². The van der Waals surface area contributed by atoms with Crippen LogP contribution in [0.1, 0.15) is 89.9 Å². The fourth-order valence-electron chi connectivity index (χ4n) is 2.40. The second-order valence-corrected chi connectivity index (χ2v) is 5.51. The summed E-state index contributed by atoms with van der Waals surface area (Å²) >= 11 is 0. The second-order valence-electron chi connectivity index (χ2n) is 5.51. The van der Waals surface area contributed by atoms with Crippen molar-refractivity contribution in [3.63, 3.8) is 0 Å². The number of nitrogens with zero attached hydrogens (tertiary/aromatic N) is 3. The fourth-order valence-corrected chi connectivity index (χ4v) is 2.40. The summed E-state index contributed by atoms with van der Waals surface area (Å²) < 4.78 is 0. The van der Waals surface area contributed by atoms with Crippen molar-refractivity contribution >= 4 is 6.29 Å². The Balaban J connectivity index is 2.95. The first-order chi connectivity index (χ1) is 9.91. The molecule has 0 saturated heterocycles. The summed E-state index contributed by atoms with van der Waals surface area (Å²) in [6.07, 6.45) is 18.3. The lowest BCUT2D eigenvalue weighted by Gasteiger charge is -2.02. The molecule has 0 aromatic heterocycles. The highest BCUT2D eigenvalue weighted by Gasteiger charge is 1.94. The van der Waals surface area contributed by atoms with E-state index in [0.717, 1.165) is 25.5 Å². The van der Waals surface area contributed by atoms with Gasteiger partial charge < -0.3 is 4.79 Å². The van der Waals surface area contributed by atoms with Gasteiger partial charge in [0.05, 0.1) is 0 Å². The van der Waals surface area contributed by atoms with Crippen LogP contribution >= 0.6 is 0 Å². The van der Waals surface area contributed by atoms with E-state index in [4.69, 9.17) is 5.53 Å². The normalized spacial score (nSPS) is 10.2. The van der Waals surface area contributed by atoms with Gasteiger partial charge in [-0.05, 0) is 18.4 Å². The maximum atomic E-state index is 10.1. The van der Waals surface area contributed by atoms with Crippen LogP contribution in [0.5, 0.6) is 0 Å². The Labute approximate surface area is 124 Å². The monoisotopic (exact) mass is 281 g/mol. The van der Waals surface area contributed by atoms with Crippen molar-refractivity contribution in [1.29, 1.82) is 0 Å². The van der Waals surface area contributed by atoms with Crippen molar-refractivity contribution in [2.75, 3.05) is 6.54 Å². The average Bonchev–Trinajstić information content (AvgIpc) is 2.47. The molecule has 0 aliphatic rings. The average molecular weight is 281 g/mol. The highest BCUT2D eigenvalue weighted by atomic mass is 16.1. The van der Waals surface area contributed by atoms with E-state index in [1.165, 1.54) is 70.6 Å². The third-order valence-corrected chi connectivity index (χ3v) is 3.64. The number of unbranched alkanes of at least 4 members (excludes halogenated alkanes) is 13. The van der Waals surface area contributed by atoms with Crippen molar-refractivity contribution < 1.29 is 4.79 Å². The molecule has 116 valence electrons. The molecule has 0 atom stereocenters. The lowest BCUT2D eigenvalue weighted by Crippen LogP contribution is -1.84. The largest absolute Gasteiger partial charge is 0.303 e. The van der Waals surface area contributed by atoms with Crippen molar-refractivity contribution in [2.45, 2.75) is 89.9 Å². The summed E-state index contributed by atoms with van der Waals surface area (Å²) in [5.41, 5.74) is 8.13. The summed E-state index contributed by atoms with van der Waals surface area (Å²) in [7, 11) is 0. The van der Waals surface area contributed by atoms with Crippen LogP contribution in [-0.2, 0) is 4.79 Å². The van der Waals surface area contributed by atoms with E-state index in [1.54, 1.807) is 0 Å². The third kappa shape index (κ3) is 17.0. The summed E-state index contributed by atoms with van der Waals surface area (Å²) in [4.78, 5) is 12.9. The number of carbonyl (C=O) groups excluding carboxylic acids is 1. The van der Waals surface area contributed by atoms with Crippen molar-refractivity contribution in [2.24, 2.45) is 5.11 Å². The van der Waals surface area contributed by atoms with Gasteiger partial charge in [0.25, 0.3) is 0 Å². The molecule has 0 rings (SSSR count). The summed E-state index contributed by atoms with van der Waals surface area (Å²) in [5, 5.41) is 3.53. The van der Waals surface area contributed by atoms with E-state index in [9.17, 15) is 4.79 Å². The molecule has 4 heteroatoms. The topological polar surface area (TPSA) is 65.8 Å². The maximum absolute atomic E-state index is 10.1. The predicted octanol–water partition coefficient (Wildman–Crippen LogP) is 5.96. The number of rotatable bonds is 16. The van der Waals surface area contributed by atoms with Crippen molar-refractivity contribution in [3.8, 4) is 0 Å². The molecule has 0 spiro atoms. The minimum atomic E-state index is 0.656. The van der Waals surface area contributed by atoms with Crippen LogP contribution in [0.3, 0.4) is 0 Å². The van der Waals surface area contributed by atoms with E-state index in [2.05, 4.69) is 10.0 Å². The molecule has 0 aliphatic heterocycles. The molecule has 0 heterocycles. The van der Waals surface area contributed by atoms with Gasteiger partial charge in [0.15, 0.2) is 0 Å². The van der Waals surface area contributed by atoms with Crippen molar-refractivity contribution in [1.82, 2.24) is 0 Å². The van der Waals surface area contributed by atoms with E-state index in [0.29, 0.717) is 6.54 Å². The molecule has 0 unspecified atom stereocenters. The summed E-state index contributed by atoms with van der Waals surface area (Å²) in [6, 6.07) is 0. The van der Waals surface area contributed by atoms with E-state index >= 15 is 0 Å². The molecule has 0 bridgehead atoms. The molecular formula is C16H31N3O. The quantitative estimate of drug-likeness (QED) is 0.113. The standard InChI is InChI=1S/C16H31N3O/c17-19-18-15-13-11-9-7-5-3-1-2-4-6-8-10-12-14-16-20/h16H,1-15H2. The van der Waals surface area contributed by atoms with Crippen molar-refractivity contribution in [3.05, 3.63) is 10.4 Å². The molecule has 0 saturated carbocycles. The van der Waals surface area contributed by atoms with Crippen LogP contribution in [0.15, 0.2) is 5.11 Å². The van der Waals surface area contributed by atoms with Crippen LogP contribution in [0.4, 0.5) is 0 Å². The number of azide groups is 1. The lowest BCUT2D eigenvalue weighted by molar-refractivity contribution is -0.107. The zero-order chi connectivity index (χ0) is 14.7. The van der Waals surface area contributed by atoms with Gasteiger partial charge in [-0.1, -0.05) is 75.7 Å². The summed E-state index contributed by atoms with van der Waals surface area (Å²) in [5.74, 6) is 0. The van der Waals surface area contributed by atoms with Gasteiger partial charge in [0.2, 0.25) is 0 Å². The Kier molecular flexibility index (Phi) is 17.1. The molecule has 0 aromatic carbocycles. The van der Waals surface area contributed by atoms with Gasteiger partial charge >= 0.3 is 0 Å². The van der Waals surface area contributed by atoms with Crippen LogP contribution in [-0.4, -0.2) is 12.8 Å². The zero-order valence-electron chi connectivity index (χ0n) is 12.9. The van der Waals surface area contributed by atoms with Gasteiger partial charge in [-0.3, -0.25) is 0 Å². The Morgan fingerprint density at radius 2 is 1.10 bits per heavy atom. The number of hydrogen-bond acceptors (Lipinski definition) is 2. The van der Waals surface area contributed by atoms with Crippen LogP contribution in [0.2, 0.25) is 0 Å². The third-order valence-electron chi connectivity index (χ3n) is 3.64. The van der Waals surface area contributed by atoms with Gasteiger partial charge in [-0.15, -0.1) is 0 Å². The van der Waals surface area contributed by atoms with Crippen LogP contribution in [0, 0.1) is 0 Å². The second kappa shape index (κ2) is 18.0. The molecule has 20 heavy (non-hydrogen) atoms. The SMILES string of the molecule is [N-]=[N+]=NCCCCCCCCCCCCCCCC=O. The first-order valence-electron chi connectivity index (χ1n) is 8.36. The molecular weight excluding hydrogens is 250 g/mol. The number of carbonyl (C=O) groups is 1. The first kappa shape index (κ1) is 19.0. The molecule has 0 aromatic rings. The minimum absolute atomic E-state index is 0.656. The van der Waals surface area contributed by atoms with Crippen LogP contribution in [0.25, 0.3) is 10.4 Å². The van der Waals surface area contributed by atoms with Crippen LogP contribution < -0.4 is 0 Å². The predicted molar refractivity (Wildman–Crippen MR) is 84.7 cm³/mol. The first-order valence-corrected chi connectivity index (χ1v) is 8.36. The lowest BCUT2D eigenvalue weighted by atomic mass is 10.0. The molecule has 4 nitrogen and oxygen atoms in total. The Morgan fingerprint density at radius 1 is 0.700 bits per heavy atom. The van der Waals surface area contributed by atoms with E-state index < -0.39 is 0 Å². The minimum Gasteiger partial charge on any atom is -0.303 e. The molecule has 0 amide bonds. The highest BCUT2D eigenvalue weighted by molar-refractivity contribution is 5.48. The molecule has 0 radical (unpaired) electrons. The Bertz CT molecular complexity index is 250. The molecule has 0 N–H and O–H groups in total. The van der Waals surface area contributed by atoms with Gasteiger partial charge in [0.1, 0.15) is 6.29 Å². The maximum Gasteiger partial charge on any atom is 0.119 e. The fraction of sp³-hybridized carbons (Fsp3) is 0.938.